The van der Waals surface area contributed by atoms with Gasteiger partial charge in [0.15, 0.2) is 5.78 Å². The van der Waals surface area contributed by atoms with Gasteiger partial charge in [-0.3, -0.25) is 9.59 Å². The van der Waals surface area contributed by atoms with Crippen LogP contribution in [0.25, 0.3) is 0 Å². The molecule has 1 amide bonds. The van der Waals surface area contributed by atoms with Crippen molar-refractivity contribution in [2.75, 3.05) is 14.2 Å². The number of benzene rings is 2. The molecule has 30 heavy (non-hydrogen) atoms. The molecule has 6 heteroatoms. The molecule has 1 saturated heterocycles. The monoisotopic (exact) mass is 425 g/mol. The van der Waals surface area contributed by atoms with Gasteiger partial charge in [-0.1, -0.05) is 31.2 Å². The number of thioether (sulfide) groups is 1. The van der Waals surface area contributed by atoms with Gasteiger partial charge in [-0.25, -0.2) is 0 Å². The number of likely N-dealkylation sites (tertiary alicyclic amines) is 1. The number of amides is 1. The molecule has 0 aliphatic carbocycles. The minimum Gasteiger partial charge on any atom is -0.497 e. The molecule has 2 aromatic carbocycles. The van der Waals surface area contributed by atoms with E-state index in [1.807, 2.05) is 66.4 Å². The van der Waals surface area contributed by atoms with E-state index in [9.17, 15) is 9.59 Å². The first-order valence-electron chi connectivity index (χ1n) is 9.90. The van der Waals surface area contributed by atoms with Crippen LogP contribution in [0.1, 0.15) is 25.8 Å². The molecule has 0 spiro atoms. The summed E-state index contributed by atoms with van der Waals surface area (Å²) in [6.07, 6.45) is 4.08. The summed E-state index contributed by atoms with van der Waals surface area (Å²) in [7, 11) is 3.21. The van der Waals surface area contributed by atoms with Crippen molar-refractivity contribution >= 4 is 23.5 Å². The van der Waals surface area contributed by atoms with Gasteiger partial charge < -0.3 is 14.4 Å². The van der Waals surface area contributed by atoms with E-state index in [0.29, 0.717) is 24.5 Å². The molecule has 2 aromatic rings. The van der Waals surface area contributed by atoms with Crippen LogP contribution < -0.4 is 9.47 Å². The summed E-state index contributed by atoms with van der Waals surface area (Å²) in [5, 5.41) is 0. The largest absolute Gasteiger partial charge is 0.497 e. The highest BCUT2D eigenvalue weighted by molar-refractivity contribution is 8.01. The van der Waals surface area contributed by atoms with Gasteiger partial charge in [-0.2, -0.15) is 0 Å². The number of hydrogen-bond acceptors (Lipinski definition) is 5. The maximum absolute atomic E-state index is 13.4. The van der Waals surface area contributed by atoms with E-state index in [0.717, 1.165) is 10.5 Å². The Morgan fingerprint density at radius 2 is 1.90 bits per heavy atom. The fourth-order valence-corrected chi connectivity index (χ4v) is 5.13. The predicted octanol–water partition coefficient (Wildman–Crippen LogP) is 4.50. The van der Waals surface area contributed by atoms with Crippen molar-refractivity contribution in [2.24, 2.45) is 0 Å². The lowest BCUT2D eigenvalue weighted by Gasteiger charge is -2.54. The summed E-state index contributed by atoms with van der Waals surface area (Å²) in [5.74, 6) is 1.39. The zero-order valence-electron chi connectivity index (χ0n) is 17.8. The van der Waals surface area contributed by atoms with Crippen LogP contribution in [-0.2, 0) is 16.1 Å². The molecular formula is C24H27NO4S. The van der Waals surface area contributed by atoms with Crippen LogP contribution >= 0.6 is 11.8 Å². The molecule has 0 N–H and O–H groups in total. The summed E-state index contributed by atoms with van der Waals surface area (Å²) in [6, 6.07) is 15.3. The Balaban J connectivity index is 1.93. The molecule has 0 saturated carbocycles. The number of rotatable bonds is 9. The zero-order chi connectivity index (χ0) is 21.7. The fraction of sp³-hybridized carbons (Fsp3) is 0.333. The Morgan fingerprint density at radius 3 is 2.50 bits per heavy atom. The van der Waals surface area contributed by atoms with E-state index in [-0.39, 0.29) is 17.7 Å². The predicted molar refractivity (Wildman–Crippen MR) is 119 cm³/mol. The van der Waals surface area contributed by atoms with Crippen LogP contribution in [0.5, 0.6) is 11.5 Å². The number of carbonyl (C=O) groups is 2. The van der Waals surface area contributed by atoms with Gasteiger partial charge in [0.05, 0.1) is 26.8 Å². The molecular weight excluding hydrogens is 398 g/mol. The molecule has 0 radical (unpaired) electrons. The smallest absolute Gasteiger partial charge is 0.242 e. The number of ether oxygens (including phenoxy) is 2. The van der Waals surface area contributed by atoms with Crippen molar-refractivity contribution in [3.63, 3.8) is 0 Å². The van der Waals surface area contributed by atoms with E-state index in [2.05, 4.69) is 0 Å². The number of nitrogens with zero attached hydrogens (tertiary/aromatic N) is 1. The average molecular weight is 426 g/mol. The Labute approximate surface area is 182 Å². The van der Waals surface area contributed by atoms with Gasteiger partial charge in [0.2, 0.25) is 5.91 Å². The number of β-lactam (4-membered cyclic amide) rings is 1. The third-order valence-corrected chi connectivity index (χ3v) is 6.93. The Hall–Kier alpha value is -2.73. The van der Waals surface area contributed by atoms with Crippen molar-refractivity contribution in [2.45, 2.75) is 42.5 Å². The normalized spacial score (nSPS) is 20.9. The van der Waals surface area contributed by atoms with Gasteiger partial charge in [0.25, 0.3) is 0 Å². The lowest BCUT2D eigenvalue weighted by atomic mass is 9.83. The first-order chi connectivity index (χ1) is 14.4. The van der Waals surface area contributed by atoms with Crippen molar-refractivity contribution in [1.82, 2.24) is 4.90 Å². The molecule has 2 unspecified atom stereocenters. The van der Waals surface area contributed by atoms with Gasteiger partial charge in [-0.15, -0.1) is 11.8 Å². The highest BCUT2D eigenvalue weighted by Crippen LogP contribution is 2.50. The summed E-state index contributed by atoms with van der Waals surface area (Å²) in [4.78, 5) is 27.9. The molecule has 1 aliphatic rings. The summed E-state index contributed by atoms with van der Waals surface area (Å²) >= 11 is 1.57. The SMILES string of the molecule is CCC1(Sc2ccccc2)C(=O)N(Cc2ccc(OC)cc2OC)C1C=CC(C)=O. The lowest BCUT2D eigenvalue weighted by molar-refractivity contribution is -0.150. The molecule has 1 fully saturated rings. The first kappa shape index (κ1) is 22.0. The summed E-state index contributed by atoms with van der Waals surface area (Å²) < 4.78 is 10.1. The minimum atomic E-state index is -0.632. The van der Waals surface area contributed by atoms with Crippen LogP contribution in [-0.4, -0.2) is 41.6 Å². The third-order valence-electron chi connectivity index (χ3n) is 5.35. The standard InChI is InChI=1S/C24H27NO4S/c1-5-24(30-20-9-7-6-8-10-20)22(14-11-17(2)26)25(23(24)27)16-18-12-13-19(28-3)15-21(18)29-4/h6-15,22H,5,16H2,1-4H3. The van der Waals surface area contributed by atoms with E-state index in [1.54, 1.807) is 32.1 Å². The second-order valence-corrected chi connectivity index (χ2v) is 8.59. The molecule has 2 atom stereocenters. The summed E-state index contributed by atoms with van der Waals surface area (Å²) in [6.45, 7) is 3.94. The second kappa shape index (κ2) is 9.39. The average Bonchev–Trinajstić information content (AvgIpc) is 2.77. The number of ketones is 1. The van der Waals surface area contributed by atoms with E-state index < -0.39 is 4.75 Å². The molecule has 3 rings (SSSR count). The Bertz CT molecular complexity index is 943. The van der Waals surface area contributed by atoms with Crippen LogP contribution in [0.15, 0.2) is 65.6 Å². The van der Waals surface area contributed by atoms with Crippen molar-refractivity contribution in [3.05, 3.63) is 66.2 Å². The van der Waals surface area contributed by atoms with Gasteiger partial charge in [-0.05, 0) is 43.7 Å². The Kier molecular flexibility index (Phi) is 6.87. The second-order valence-electron chi connectivity index (χ2n) is 7.18. The highest BCUT2D eigenvalue weighted by atomic mass is 32.2. The van der Waals surface area contributed by atoms with Crippen LogP contribution in [0.4, 0.5) is 0 Å². The van der Waals surface area contributed by atoms with Gasteiger partial charge >= 0.3 is 0 Å². The highest BCUT2D eigenvalue weighted by Gasteiger charge is 2.59. The number of carbonyl (C=O) groups excluding carboxylic acids is 2. The molecule has 0 bridgehead atoms. The fourth-order valence-electron chi connectivity index (χ4n) is 3.74. The van der Waals surface area contributed by atoms with E-state index in [4.69, 9.17) is 9.47 Å². The van der Waals surface area contributed by atoms with Gasteiger partial charge in [0.1, 0.15) is 16.2 Å². The third kappa shape index (κ3) is 4.24. The molecule has 5 nitrogen and oxygen atoms in total. The number of allylic oxidation sites excluding steroid dienone is 1. The number of methoxy groups -OCH3 is 2. The minimum absolute atomic E-state index is 0.0361. The topological polar surface area (TPSA) is 55.8 Å². The van der Waals surface area contributed by atoms with Crippen molar-refractivity contribution < 1.29 is 19.1 Å². The van der Waals surface area contributed by atoms with Crippen molar-refractivity contribution in [3.8, 4) is 11.5 Å². The van der Waals surface area contributed by atoms with E-state index in [1.165, 1.54) is 6.92 Å². The van der Waals surface area contributed by atoms with Gasteiger partial charge in [0, 0.05) is 16.5 Å². The lowest BCUT2D eigenvalue weighted by Crippen LogP contribution is -2.70. The maximum atomic E-state index is 13.4. The quantitative estimate of drug-likeness (QED) is 0.437. The maximum Gasteiger partial charge on any atom is 0.242 e. The molecule has 158 valence electrons. The van der Waals surface area contributed by atoms with Crippen LogP contribution in [0, 0.1) is 0 Å². The zero-order valence-corrected chi connectivity index (χ0v) is 18.6. The Morgan fingerprint density at radius 1 is 1.17 bits per heavy atom. The molecule has 1 heterocycles. The van der Waals surface area contributed by atoms with Crippen LogP contribution in [0.3, 0.4) is 0 Å². The summed E-state index contributed by atoms with van der Waals surface area (Å²) in [5.41, 5.74) is 0.891. The van der Waals surface area contributed by atoms with Crippen molar-refractivity contribution in [1.29, 1.82) is 0 Å². The molecule has 0 aromatic heterocycles. The van der Waals surface area contributed by atoms with E-state index >= 15 is 0 Å². The first-order valence-corrected chi connectivity index (χ1v) is 10.7. The molecule has 1 aliphatic heterocycles. The number of hydrogen-bond donors (Lipinski definition) is 0. The van der Waals surface area contributed by atoms with Crippen LogP contribution in [0.2, 0.25) is 0 Å².